The maximum Gasteiger partial charge on any atom is 0.119 e. The van der Waals surface area contributed by atoms with Gasteiger partial charge in [0.2, 0.25) is 0 Å². The summed E-state index contributed by atoms with van der Waals surface area (Å²) in [5.74, 6) is 0.965. The third kappa shape index (κ3) is 3.33. The number of hydrogen-bond donors (Lipinski definition) is 0. The number of aromatic nitrogens is 1. The molecule has 0 N–H and O–H groups in total. The molecule has 0 aliphatic heterocycles. The van der Waals surface area contributed by atoms with Crippen LogP contribution >= 0.6 is 0 Å². The molecule has 0 atom stereocenters. The number of benzene rings is 1. The fraction of sp³-hybridized carbons (Fsp3) is 0.316. The molecule has 1 aromatic heterocycles. The van der Waals surface area contributed by atoms with Gasteiger partial charge in [-0.2, -0.15) is 0 Å². The van der Waals surface area contributed by atoms with Gasteiger partial charge in [-0.15, -0.1) is 0 Å². The number of rotatable bonds is 5. The highest BCUT2D eigenvalue weighted by Crippen LogP contribution is 2.32. The molecule has 0 radical (unpaired) electrons. The summed E-state index contributed by atoms with van der Waals surface area (Å²) in [4.78, 5) is 4.07. The van der Waals surface area contributed by atoms with Crippen molar-refractivity contribution in [3.05, 3.63) is 65.5 Å². The lowest BCUT2D eigenvalue weighted by molar-refractivity contribution is 0.414. The molecule has 0 unspecified atom stereocenters. The fourth-order valence-electron chi connectivity index (χ4n) is 3.00. The summed E-state index contributed by atoms with van der Waals surface area (Å²) >= 11 is 0. The molecule has 0 bridgehead atoms. The van der Waals surface area contributed by atoms with Crippen molar-refractivity contribution in [1.29, 1.82) is 0 Å². The smallest absolute Gasteiger partial charge is 0.119 e. The zero-order valence-electron chi connectivity index (χ0n) is 12.5. The molecule has 0 saturated carbocycles. The summed E-state index contributed by atoms with van der Waals surface area (Å²) in [6, 6.07) is 10.7. The van der Waals surface area contributed by atoms with Gasteiger partial charge in [-0.3, -0.25) is 4.98 Å². The maximum absolute atomic E-state index is 5.33. The number of hydrogen-bond acceptors (Lipinski definition) is 2. The molecule has 1 aliphatic carbocycles. The highest BCUT2D eigenvalue weighted by Gasteiger charge is 2.13. The first-order chi connectivity index (χ1) is 10.4. The van der Waals surface area contributed by atoms with E-state index in [2.05, 4.69) is 41.4 Å². The first kappa shape index (κ1) is 13.9. The minimum absolute atomic E-state index is 0.965. The third-order valence-electron chi connectivity index (χ3n) is 4.12. The van der Waals surface area contributed by atoms with Gasteiger partial charge in [0, 0.05) is 12.4 Å². The number of fused-ring (bicyclic) bond motifs is 1. The standard InChI is InChI=1S/C19H21NO/c1-21-18-8-9-19-16(6-3-7-17(19)14-18)5-2-4-15-10-12-20-13-11-15/h6,8-14H,2-5,7H2,1H3. The van der Waals surface area contributed by atoms with Gasteiger partial charge in [0.25, 0.3) is 0 Å². The van der Waals surface area contributed by atoms with Crippen molar-refractivity contribution in [1.82, 2.24) is 4.98 Å². The van der Waals surface area contributed by atoms with Crippen LogP contribution in [0.5, 0.6) is 5.75 Å². The van der Waals surface area contributed by atoms with Crippen LogP contribution in [0, 0.1) is 0 Å². The van der Waals surface area contributed by atoms with Gasteiger partial charge in [0.1, 0.15) is 5.75 Å². The molecule has 0 amide bonds. The van der Waals surface area contributed by atoms with Crippen molar-refractivity contribution in [2.24, 2.45) is 0 Å². The Labute approximate surface area is 126 Å². The molecule has 1 heterocycles. The van der Waals surface area contributed by atoms with Gasteiger partial charge in [-0.1, -0.05) is 12.1 Å². The molecular weight excluding hydrogens is 258 g/mol. The van der Waals surface area contributed by atoms with Crippen molar-refractivity contribution < 1.29 is 4.74 Å². The lowest BCUT2D eigenvalue weighted by Gasteiger charge is -2.18. The average molecular weight is 279 g/mol. The van der Waals surface area contributed by atoms with Crippen LogP contribution in [0.25, 0.3) is 5.57 Å². The number of pyridine rings is 1. The largest absolute Gasteiger partial charge is 0.497 e. The van der Waals surface area contributed by atoms with Crippen molar-refractivity contribution >= 4 is 5.57 Å². The highest BCUT2D eigenvalue weighted by molar-refractivity contribution is 5.70. The zero-order chi connectivity index (χ0) is 14.5. The zero-order valence-corrected chi connectivity index (χ0v) is 12.5. The van der Waals surface area contributed by atoms with Crippen LogP contribution in [-0.4, -0.2) is 12.1 Å². The van der Waals surface area contributed by atoms with Crippen LogP contribution in [0.3, 0.4) is 0 Å². The first-order valence-corrected chi connectivity index (χ1v) is 7.62. The van der Waals surface area contributed by atoms with E-state index < -0.39 is 0 Å². The van der Waals surface area contributed by atoms with Crippen LogP contribution in [0.4, 0.5) is 0 Å². The molecule has 0 fully saturated rings. The lowest BCUT2D eigenvalue weighted by Crippen LogP contribution is -2.01. The van der Waals surface area contributed by atoms with Gasteiger partial charge in [-0.25, -0.2) is 0 Å². The molecule has 0 saturated heterocycles. The average Bonchev–Trinajstić information content (AvgIpc) is 2.55. The SMILES string of the molecule is COc1ccc2c(c1)CCC=C2CCCc1ccncc1. The van der Waals surface area contributed by atoms with E-state index in [-0.39, 0.29) is 0 Å². The molecule has 0 spiro atoms. The number of nitrogens with zero attached hydrogens (tertiary/aromatic N) is 1. The minimum Gasteiger partial charge on any atom is -0.497 e. The lowest BCUT2D eigenvalue weighted by atomic mass is 9.88. The molecule has 108 valence electrons. The van der Waals surface area contributed by atoms with E-state index in [9.17, 15) is 0 Å². The van der Waals surface area contributed by atoms with Gasteiger partial charge in [-0.05, 0) is 78.6 Å². The molecule has 2 heteroatoms. The number of aryl methyl sites for hydroxylation is 2. The van der Waals surface area contributed by atoms with E-state index in [1.54, 1.807) is 7.11 Å². The van der Waals surface area contributed by atoms with Crippen LogP contribution < -0.4 is 4.74 Å². The molecule has 21 heavy (non-hydrogen) atoms. The maximum atomic E-state index is 5.33. The number of methoxy groups -OCH3 is 1. The Kier molecular flexibility index (Phi) is 4.34. The summed E-state index contributed by atoms with van der Waals surface area (Å²) in [7, 11) is 1.73. The number of ether oxygens (including phenoxy) is 1. The Hall–Kier alpha value is -2.09. The molecule has 1 aromatic carbocycles. The van der Waals surface area contributed by atoms with E-state index in [0.29, 0.717) is 0 Å². The van der Waals surface area contributed by atoms with Crippen molar-refractivity contribution in [3.8, 4) is 5.75 Å². The van der Waals surface area contributed by atoms with E-state index in [1.807, 2.05) is 12.4 Å². The van der Waals surface area contributed by atoms with Crippen molar-refractivity contribution in [3.63, 3.8) is 0 Å². The topological polar surface area (TPSA) is 22.1 Å². The van der Waals surface area contributed by atoms with E-state index >= 15 is 0 Å². The summed E-state index contributed by atoms with van der Waals surface area (Å²) in [5, 5.41) is 0. The van der Waals surface area contributed by atoms with Gasteiger partial charge < -0.3 is 4.74 Å². The van der Waals surface area contributed by atoms with Crippen molar-refractivity contribution in [2.45, 2.75) is 32.1 Å². The Bertz CT molecular complexity index is 631. The summed E-state index contributed by atoms with van der Waals surface area (Å²) in [5.41, 5.74) is 5.71. The van der Waals surface area contributed by atoms with E-state index in [1.165, 1.54) is 28.7 Å². The monoisotopic (exact) mass is 279 g/mol. The fourth-order valence-corrected chi connectivity index (χ4v) is 3.00. The second-order valence-corrected chi connectivity index (χ2v) is 5.50. The van der Waals surface area contributed by atoms with Crippen LogP contribution in [0.1, 0.15) is 36.0 Å². The Balaban J connectivity index is 1.66. The molecule has 3 rings (SSSR count). The summed E-state index contributed by atoms with van der Waals surface area (Å²) in [6.07, 6.45) is 11.9. The van der Waals surface area contributed by atoms with E-state index in [4.69, 9.17) is 4.74 Å². The predicted molar refractivity (Wildman–Crippen MR) is 86.5 cm³/mol. The second-order valence-electron chi connectivity index (χ2n) is 5.50. The molecule has 2 aromatic rings. The highest BCUT2D eigenvalue weighted by atomic mass is 16.5. The van der Waals surface area contributed by atoms with Crippen LogP contribution in [-0.2, 0) is 12.8 Å². The molecule has 2 nitrogen and oxygen atoms in total. The van der Waals surface area contributed by atoms with Crippen LogP contribution in [0.15, 0.2) is 48.8 Å². The summed E-state index contributed by atoms with van der Waals surface area (Å²) < 4.78 is 5.33. The van der Waals surface area contributed by atoms with Gasteiger partial charge >= 0.3 is 0 Å². The molecular formula is C19H21NO. The predicted octanol–water partition coefficient (Wildman–Crippen LogP) is 4.44. The molecule has 1 aliphatic rings. The van der Waals surface area contributed by atoms with Crippen molar-refractivity contribution in [2.75, 3.05) is 7.11 Å². The normalized spacial score (nSPS) is 13.5. The van der Waals surface area contributed by atoms with E-state index in [0.717, 1.165) is 31.4 Å². The number of allylic oxidation sites excluding steroid dienone is 2. The van der Waals surface area contributed by atoms with Crippen LogP contribution in [0.2, 0.25) is 0 Å². The Morgan fingerprint density at radius 1 is 1.10 bits per heavy atom. The van der Waals surface area contributed by atoms with Gasteiger partial charge in [0.15, 0.2) is 0 Å². The third-order valence-corrected chi connectivity index (χ3v) is 4.12. The Morgan fingerprint density at radius 2 is 1.95 bits per heavy atom. The Morgan fingerprint density at radius 3 is 2.76 bits per heavy atom. The minimum atomic E-state index is 0.965. The second kappa shape index (κ2) is 6.57. The quantitative estimate of drug-likeness (QED) is 0.807. The first-order valence-electron chi connectivity index (χ1n) is 7.62. The van der Waals surface area contributed by atoms with Gasteiger partial charge in [0.05, 0.1) is 7.11 Å². The summed E-state index contributed by atoms with van der Waals surface area (Å²) in [6.45, 7) is 0.